The molecule has 35 heavy (non-hydrogen) atoms. The second-order valence-corrected chi connectivity index (χ2v) is 9.44. The number of halogens is 1. The predicted molar refractivity (Wildman–Crippen MR) is 138 cm³/mol. The van der Waals surface area contributed by atoms with Crippen LogP contribution in [0.2, 0.25) is 5.02 Å². The van der Waals surface area contributed by atoms with E-state index >= 15 is 0 Å². The Kier molecular flexibility index (Phi) is 7.84. The van der Waals surface area contributed by atoms with Gasteiger partial charge in [-0.2, -0.15) is 0 Å². The number of carbonyl (C=O) groups is 2. The van der Waals surface area contributed by atoms with Crippen molar-refractivity contribution in [2.45, 2.75) is 30.9 Å². The number of hydrogen-bond acceptors (Lipinski definition) is 6. The minimum absolute atomic E-state index is 0.0251. The Morgan fingerprint density at radius 2 is 1.69 bits per heavy atom. The standard InChI is InChI=1S/C26H23ClN4O3S/c1-17(32)19-8-12-21(13-9-19)28-25(33)18(2)35-26-30-29-24(31(26)22-6-4-3-5-7-22)16-34-23-14-10-20(27)11-15-23/h3-15,18H,16H2,1-2H3,(H,28,33). The Labute approximate surface area is 212 Å². The lowest BCUT2D eigenvalue weighted by Crippen LogP contribution is -2.23. The fourth-order valence-electron chi connectivity index (χ4n) is 3.23. The number of ketones is 1. The van der Waals surface area contributed by atoms with Gasteiger partial charge in [-0.25, -0.2) is 0 Å². The van der Waals surface area contributed by atoms with E-state index in [9.17, 15) is 9.59 Å². The van der Waals surface area contributed by atoms with Crippen LogP contribution in [0.15, 0.2) is 84.0 Å². The molecule has 0 aliphatic carbocycles. The van der Waals surface area contributed by atoms with Gasteiger partial charge in [-0.1, -0.05) is 41.6 Å². The molecule has 4 rings (SSSR count). The summed E-state index contributed by atoms with van der Waals surface area (Å²) in [7, 11) is 0. The van der Waals surface area contributed by atoms with Crippen LogP contribution in [0.3, 0.4) is 0 Å². The van der Waals surface area contributed by atoms with Crippen molar-refractivity contribution in [1.82, 2.24) is 14.8 Å². The van der Waals surface area contributed by atoms with Crippen molar-refractivity contribution < 1.29 is 14.3 Å². The number of ether oxygens (including phenoxy) is 1. The van der Waals surface area contributed by atoms with Crippen LogP contribution in [0, 0.1) is 0 Å². The van der Waals surface area contributed by atoms with Crippen LogP contribution in [0.4, 0.5) is 5.69 Å². The first-order chi connectivity index (χ1) is 16.9. The maximum absolute atomic E-state index is 12.8. The molecule has 1 amide bonds. The molecule has 9 heteroatoms. The summed E-state index contributed by atoms with van der Waals surface area (Å²) in [5.74, 6) is 1.05. The zero-order chi connectivity index (χ0) is 24.8. The molecule has 0 spiro atoms. The number of amides is 1. The van der Waals surface area contributed by atoms with Gasteiger partial charge in [0.2, 0.25) is 5.91 Å². The molecule has 1 N–H and O–H groups in total. The molecule has 0 radical (unpaired) electrons. The summed E-state index contributed by atoms with van der Waals surface area (Å²) in [4.78, 5) is 24.3. The molecule has 0 aliphatic rings. The van der Waals surface area contributed by atoms with Crippen LogP contribution < -0.4 is 10.1 Å². The smallest absolute Gasteiger partial charge is 0.237 e. The fourth-order valence-corrected chi connectivity index (χ4v) is 4.24. The minimum Gasteiger partial charge on any atom is -0.486 e. The monoisotopic (exact) mass is 506 g/mol. The van der Waals surface area contributed by atoms with E-state index in [1.54, 1.807) is 55.5 Å². The summed E-state index contributed by atoms with van der Waals surface area (Å²) in [6.45, 7) is 3.49. The van der Waals surface area contributed by atoms with Crippen molar-refractivity contribution in [3.05, 3.63) is 95.3 Å². The lowest BCUT2D eigenvalue weighted by Gasteiger charge is -2.14. The molecule has 4 aromatic rings. The van der Waals surface area contributed by atoms with Crippen molar-refractivity contribution in [3.8, 4) is 11.4 Å². The summed E-state index contributed by atoms with van der Waals surface area (Å²) < 4.78 is 7.77. The third-order valence-electron chi connectivity index (χ3n) is 5.11. The van der Waals surface area contributed by atoms with Crippen LogP contribution >= 0.6 is 23.4 Å². The number of carbonyl (C=O) groups excluding carboxylic acids is 2. The molecule has 7 nitrogen and oxygen atoms in total. The van der Waals surface area contributed by atoms with Gasteiger partial charge in [0.05, 0.1) is 5.25 Å². The highest BCUT2D eigenvalue weighted by Crippen LogP contribution is 2.27. The molecule has 0 aliphatic heterocycles. The van der Waals surface area contributed by atoms with Crippen molar-refractivity contribution >= 4 is 40.7 Å². The number of nitrogens with zero attached hydrogens (tertiary/aromatic N) is 3. The van der Waals surface area contributed by atoms with Crippen LogP contribution in [-0.4, -0.2) is 31.7 Å². The van der Waals surface area contributed by atoms with E-state index in [2.05, 4.69) is 15.5 Å². The Morgan fingerprint density at radius 3 is 2.34 bits per heavy atom. The van der Waals surface area contributed by atoms with Gasteiger partial charge < -0.3 is 10.1 Å². The number of anilines is 1. The Hall–Kier alpha value is -3.62. The van der Waals surface area contributed by atoms with Gasteiger partial charge in [-0.15, -0.1) is 10.2 Å². The number of nitrogens with one attached hydrogen (secondary N) is 1. The maximum Gasteiger partial charge on any atom is 0.237 e. The largest absolute Gasteiger partial charge is 0.486 e. The molecule has 0 saturated heterocycles. The lowest BCUT2D eigenvalue weighted by atomic mass is 10.1. The van der Waals surface area contributed by atoms with Gasteiger partial charge in [0.25, 0.3) is 0 Å². The van der Waals surface area contributed by atoms with Crippen LogP contribution in [0.25, 0.3) is 5.69 Å². The van der Waals surface area contributed by atoms with Gasteiger partial charge in [0, 0.05) is 22.0 Å². The van der Waals surface area contributed by atoms with E-state index < -0.39 is 5.25 Å². The molecule has 1 heterocycles. The number of aromatic nitrogens is 3. The molecular weight excluding hydrogens is 484 g/mol. The highest BCUT2D eigenvalue weighted by atomic mass is 35.5. The Morgan fingerprint density at radius 1 is 1.00 bits per heavy atom. The second kappa shape index (κ2) is 11.2. The molecule has 1 aromatic heterocycles. The average molecular weight is 507 g/mol. The highest BCUT2D eigenvalue weighted by Gasteiger charge is 2.21. The summed E-state index contributed by atoms with van der Waals surface area (Å²) in [5, 5.41) is 12.3. The van der Waals surface area contributed by atoms with Crippen molar-refractivity contribution in [3.63, 3.8) is 0 Å². The quantitative estimate of drug-likeness (QED) is 0.227. The van der Waals surface area contributed by atoms with Crippen LogP contribution in [0.5, 0.6) is 5.75 Å². The van der Waals surface area contributed by atoms with Gasteiger partial charge in [0.15, 0.2) is 16.8 Å². The SMILES string of the molecule is CC(=O)c1ccc(NC(=O)C(C)Sc2nnc(COc3ccc(Cl)cc3)n2-c2ccccc2)cc1. The number of hydrogen-bond donors (Lipinski definition) is 1. The number of thioether (sulfide) groups is 1. The normalized spacial score (nSPS) is 11.6. The van der Waals surface area contributed by atoms with Gasteiger partial charge in [-0.05, 0) is 74.5 Å². The van der Waals surface area contributed by atoms with Gasteiger partial charge in [0.1, 0.15) is 12.4 Å². The highest BCUT2D eigenvalue weighted by molar-refractivity contribution is 8.00. The molecule has 1 atom stereocenters. The first kappa shape index (κ1) is 24.5. The minimum atomic E-state index is -0.459. The predicted octanol–water partition coefficient (Wildman–Crippen LogP) is 5.82. The second-order valence-electron chi connectivity index (χ2n) is 7.70. The van der Waals surface area contributed by atoms with Crippen LogP contribution in [0.1, 0.15) is 30.0 Å². The lowest BCUT2D eigenvalue weighted by molar-refractivity contribution is -0.115. The van der Waals surface area contributed by atoms with Crippen molar-refractivity contribution in [2.24, 2.45) is 0 Å². The maximum atomic E-state index is 12.8. The molecule has 0 bridgehead atoms. The zero-order valence-electron chi connectivity index (χ0n) is 19.1. The molecular formula is C26H23ClN4O3S. The van der Waals surface area contributed by atoms with Crippen molar-refractivity contribution in [2.75, 3.05) is 5.32 Å². The van der Waals surface area contributed by atoms with E-state index in [1.165, 1.54) is 18.7 Å². The number of benzene rings is 3. The molecule has 178 valence electrons. The number of Topliss-reactive ketones (excluding diaryl/α,β-unsaturated/α-hetero) is 1. The number of para-hydroxylation sites is 1. The van der Waals surface area contributed by atoms with E-state index in [0.29, 0.717) is 33.0 Å². The molecule has 3 aromatic carbocycles. The van der Waals surface area contributed by atoms with E-state index in [0.717, 1.165) is 5.69 Å². The average Bonchev–Trinajstić information content (AvgIpc) is 3.26. The van der Waals surface area contributed by atoms with E-state index in [-0.39, 0.29) is 18.3 Å². The van der Waals surface area contributed by atoms with E-state index in [4.69, 9.17) is 16.3 Å². The number of rotatable bonds is 9. The summed E-state index contributed by atoms with van der Waals surface area (Å²) >= 11 is 7.25. The summed E-state index contributed by atoms with van der Waals surface area (Å²) in [5.41, 5.74) is 2.07. The fraction of sp³-hybridized carbons (Fsp3) is 0.154. The molecule has 0 saturated carbocycles. The first-order valence-electron chi connectivity index (χ1n) is 10.9. The molecule has 1 unspecified atom stereocenters. The Bertz CT molecular complexity index is 1310. The third kappa shape index (κ3) is 6.29. The Balaban J connectivity index is 1.50. The first-order valence-corrected chi connectivity index (χ1v) is 12.1. The molecule has 0 fully saturated rings. The summed E-state index contributed by atoms with van der Waals surface area (Å²) in [6.07, 6.45) is 0. The van der Waals surface area contributed by atoms with Crippen molar-refractivity contribution in [1.29, 1.82) is 0 Å². The van der Waals surface area contributed by atoms with E-state index in [1.807, 2.05) is 34.9 Å². The third-order valence-corrected chi connectivity index (χ3v) is 6.40. The topological polar surface area (TPSA) is 86.1 Å². The zero-order valence-corrected chi connectivity index (χ0v) is 20.7. The van der Waals surface area contributed by atoms with Gasteiger partial charge in [-0.3, -0.25) is 14.2 Å². The van der Waals surface area contributed by atoms with Crippen LogP contribution in [-0.2, 0) is 11.4 Å². The summed E-state index contributed by atoms with van der Waals surface area (Å²) in [6, 6.07) is 23.6. The van der Waals surface area contributed by atoms with Gasteiger partial charge >= 0.3 is 0 Å².